The van der Waals surface area contributed by atoms with Gasteiger partial charge in [0.15, 0.2) is 0 Å². The van der Waals surface area contributed by atoms with Crippen molar-refractivity contribution in [1.82, 2.24) is 0 Å². The Bertz CT molecular complexity index is 2560. The van der Waals surface area contributed by atoms with Gasteiger partial charge in [-0.05, 0) is 117 Å². The van der Waals surface area contributed by atoms with Crippen LogP contribution >= 0.6 is 0 Å². The predicted octanol–water partition coefficient (Wildman–Crippen LogP) is 15.3. The topological polar surface area (TPSA) is 54.2 Å². The van der Waals surface area contributed by atoms with E-state index >= 15 is 0 Å². The molecule has 286 valence electrons. The number of rotatable bonds is 12. The maximum Gasteiger partial charge on any atom is 0.0462 e. The molecule has 60 heavy (non-hydrogen) atoms. The lowest BCUT2D eigenvalue weighted by Crippen LogP contribution is -2.10. The Morgan fingerprint density at radius 1 is 0.233 bits per heavy atom. The van der Waals surface area contributed by atoms with Crippen LogP contribution in [0.5, 0.6) is 0 Å². The van der Waals surface area contributed by atoms with Gasteiger partial charge in [-0.3, -0.25) is 0 Å². The third-order valence-electron chi connectivity index (χ3n) is 10.9. The van der Waals surface area contributed by atoms with Gasteiger partial charge in [-0.15, -0.1) is 0 Å². The molecule has 0 saturated carbocycles. The van der Waals surface area contributed by atoms with E-state index in [-0.39, 0.29) is 0 Å². The number of nitrogens with one attached hydrogen (secondary N) is 2. The molecule has 0 aliphatic rings. The third-order valence-corrected chi connectivity index (χ3v) is 10.9. The average Bonchev–Trinajstić information content (AvgIpc) is 3.33. The first-order valence-corrected chi connectivity index (χ1v) is 20.1. The first-order chi connectivity index (χ1) is 29.7. The molecule has 0 bridgehead atoms. The van der Waals surface area contributed by atoms with Crippen molar-refractivity contribution in [3.05, 3.63) is 242 Å². The van der Waals surface area contributed by atoms with Crippen molar-refractivity contribution >= 4 is 46.6 Å². The maximum absolute atomic E-state index is 8.95. The van der Waals surface area contributed by atoms with E-state index < -0.39 is 0 Å². The molecular weight excluding hydrogens is 729 g/mol. The molecule has 0 radical (unpaired) electrons. The Kier molecular flexibility index (Phi) is 10.7. The number of benzene rings is 9. The standard InChI is InChI=1S/C56H42N4/c57-39-51-52(40-58)54(42-21-9-2-10-22-42)56(44-33-37-50(38-34-44)60(47-27-15-5-16-28-47)48-29-17-6-18-30-48)55(53(51)41-19-7-1-8-20-41)43-31-35-49(36-32-43)59(45-23-11-3-12-24-45)46-25-13-4-14-26-46/h1-40,57-58H. The summed E-state index contributed by atoms with van der Waals surface area (Å²) < 4.78 is 0. The van der Waals surface area contributed by atoms with Crippen molar-refractivity contribution in [2.75, 3.05) is 9.80 Å². The second-order valence-corrected chi connectivity index (χ2v) is 14.5. The molecule has 0 atom stereocenters. The Morgan fingerprint density at radius 3 is 0.700 bits per heavy atom. The molecule has 0 heterocycles. The van der Waals surface area contributed by atoms with Crippen molar-refractivity contribution in [3.63, 3.8) is 0 Å². The smallest absolute Gasteiger partial charge is 0.0462 e. The molecule has 0 aliphatic heterocycles. The van der Waals surface area contributed by atoms with Crippen LogP contribution in [0.25, 0.3) is 44.5 Å². The highest BCUT2D eigenvalue weighted by Gasteiger charge is 2.27. The van der Waals surface area contributed by atoms with Gasteiger partial charge in [0.2, 0.25) is 0 Å². The van der Waals surface area contributed by atoms with Crippen molar-refractivity contribution in [2.45, 2.75) is 0 Å². The van der Waals surface area contributed by atoms with E-state index in [1.54, 1.807) is 0 Å². The summed E-state index contributed by atoms with van der Waals surface area (Å²) in [5.74, 6) is 0. The van der Waals surface area contributed by atoms with Crippen molar-refractivity contribution < 1.29 is 0 Å². The minimum absolute atomic E-state index is 0.698. The molecule has 0 unspecified atom stereocenters. The highest BCUT2D eigenvalue weighted by Crippen LogP contribution is 2.50. The highest BCUT2D eigenvalue weighted by molar-refractivity contribution is 6.15. The molecule has 0 saturated heterocycles. The largest absolute Gasteiger partial charge is 0.311 e. The minimum Gasteiger partial charge on any atom is -0.311 e. The van der Waals surface area contributed by atoms with Gasteiger partial charge >= 0.3 is 0 Å². The van der Waals surface area contributed by atoms with E-state index in [9.17, 15) is 0 Å². The van der Waals surface area contributed by atoms with E-state index in [0.29, 0.717) is 11.1 Å². The summed E-state index contributed by atoms with van der Waals surface area (Å²) >= 11 is 0. The Hall–Kier alpha value is -8.08. The number of hydrogen-bond donors (Lipinski definition) is 2. The zero-order valence-electron chi connectivity index (χ0n) is 33.0. The zero-order valence-corrected chi connectivity index (χ0v) is 33.0. The first-order valence-electron chi connectivity index (χ1n) is 20.1. The van der Waals surface area contributed by atoms with Crippen LogP contribution in [0.15, 0.2) is 231 Å². The SMILES string of the molecule is N=Cc1c(C=N)c(-c2ccccc2)c(-c2ccc(N(c3ccccc3)c3ccccc3)cc2)c(-c2ccc(N(c3ccccc3)c3ccccc3)cc2)c1-c1ccccc1. The fourth-order valence-electron chi connectivity index (χ4n) is 8.23. The van der Waals surface area contributed by atoms with Crippen LogP contribution in [0.4, 0.5) is 34.1 Å². The van der Waals surface area contributed by atoms with Gasteiger partial charge in [0, 0.05) is 57.7 Å². The van der Waals surface area contributed by atoms with Crippen LogP contribution in [0, 0.1) is 10.8 Å². The Balaban J connectivity index is 1.31. The fourth-order valence-corrected chi connectivity index (χ4v) is 8.23. The molecule has 0 aromatic heterocycles. The van der Waals surface area contributed by atoms with E-state index in [4.69, 9.17) is 10.8 Å². The predicted molar refractivity (Wildman–Crippen MR) is 253 cm³/mol. The number of nitrogens with zero attached hydrogens (tertiary/aromatic N) is 2. The molecule has 0 fully saturated rings. The summed E-state index contributed by atoms with van der Waals surface area (Å²) in [6.45, 7) is 0. The maximum atomic E-state index is 8.95. The minimum atomic E-state index is 0.698. The van der Waals surface area contributed by atoms with E-state index in [1.807, 2.05) is 60.7 Å². The number of hydrogen-bond acceptors (Lipinski definition) is 4. The lowest BCUT2D eigenvalue weighted by atomic mass is 9.77. The van der Waals surface area contributed by atoms with Crippen molar-refractivity contribution in [2.24, 2.45) is 0 Å². The molecule has 0 aliphatic carbocycles. The number of para-hydroxylation sites is 4. The monoisotopic (exact) mass is 770 g/mol. The first kappa shape index (κ1) is 37.5. The highest BCUT2D eigenvalue weighted by atomic mass is 15.1. The molecule has 2 N–H and O–H groups in total. The molecule has 4 nitrogen and oxygen atoms in total. The van der Waals surface area contributed by atoms with Crippen LogP contribution in [-0.4, -0.2) is 12.4 Å². The van der Waals surface area contributed by atoms with Gasteiger partial charge in [-0.2, -0.15) is 0 Å². The van der Waals surface area contributed by atoms with Gasteiger partial charge < -0.3 is 20.6 Å². The van der Waals surface area contributed by atoms with Crippen LogP contribution in [-0.2, 0) is 0 Å². The van der Waals surface area contributed by atoms with E-state index in [1.165, 1.54) is 12.4 Å². The average molecular weight is 771 g/mol. The number of anilines is 6. The van der Waals surface area contributed by atoms with Crippen LogP contribution < -0.4 is 9.80 Å². The molecule has 9 rings (SSSR count). The molecule has 0 amide bonds. The Morgan fingerprint density at radius 2 is 0.450 bits per heavy atom. The summed E-state index contributed by atoms with van der Waals surface area (Å²) in [7, 11) is 0. The zero-order chi connectivity index (χ0) is 40.7. The second kappa shape index (κ2) is 17.2. The second-order valence-electron chi connectivity index (χ2n) is 14.5. The van der Waals surface area contributed by atoms with Crippen LogP contribution in [0.1, 0.15) is 11.1 Å². The van der Waals surface area contributed by atoms with Gasteiger partial charge in [0.1, 0.15) is 0 Å². The molecular formula is C56H42N4. The van der Waals surface area contributed by atoms with Crippen LogP contribution in [0.3, 0.4) is 0 Å². The Labute approximate surface area is 352 Å². The lowest BCUT2D eigenvalue weighted by molar-refractivity contribution is 1.28. The molecule has 9 aromatic rings. The van der Waals surface area contributed by atoms with E-state index in [2.05, 4.69) is 180 Å². The van der Waals surface area contributed by atoms with E-state index in [0.717, 1.165) is 78.6 Å². The summed E-state index contributed by atoms with van der Waals surface area (Å²) in [5, 5.41) is 17.9. The van der Waals surface area contributed by atoms with Crippen molar-refractivity contribution in [3.8, 4) is 44.5 Å². The quantitative estimate of drug-likeness (QED) is 0.122. The van der Waals surface area contributed by atoms with Gasteiger partial charge in [0.05, 0.1) is 0 Å². The summed E-state index contributed by atoms with van der Waals surface area (Å²) in [5.41, 5.74) is 15.5. The fraction of sp³-hybridized carbons (Fsp3) is 0. The van der Waals surface area contributed by atoms with Gasteiger partial charge in [0.25, 0.3) is 0 Å². The molecule has 4 heteroatoms. The molecule has 0 spiro atoms. The van der Waals surface area contributed by atoms with Gasteiger partial charge in [-0.25, -0.2) is 0 Å². The molecule has 9 aromatic carbocycles. The van der Waals surface area contributed by atoms with Crippen LogP contribution in [0.2, 0.25) is 0 Å². The van der Waals surface area contributed by atoms with Gasteiger partial charge in [-0.1, -0.05) is 158 Å². The lowest BCUT2D eigenvalue weighted by Gasteiger charge is -2.28. The summed E-state index contributed by atoms with van der Waals surface area (Å²) in [6, 6.07) is 79.9. The summed E-state index contributed by atoms with van der Waals surface area (Å²) in [4.78, 5) is 4.53. The normalized spacial score (nSPS) is 10.8. The summed E-state index contributed by atoms with van der Waals surface area (Å²) in [6.07, 6.45) is 2.84. The third kappa shape index (κ3) is 7.30. The van der Waals surface area contributed by atoms with Crippen molar-refractivity contribution in [1.29, 1.82) is 10.8 Å².